The van der Waals surface area contributed by atoms with E-state index < -0.39 is 0 Å². The van der Waals surface area contributed by atoms with Gasteiger partial charge in [0.05, 0.1) is 0 Å². The van der Waals surface area contributed by atoms with Gasteiger partial charge >= 0.3 is 0 Å². The number of ether oxygens (including phenoxy) is 2. The molecule has 1 amide bonds. The van der Waals surface area contributed by atoms with E-state index in [0.717, 1.165) is 23.5 Å². The summed E-state index contributed by atoms with van der Waals surface area (Å²) in [6.07, 6.45) is 0.971. The predicted octanol–water partition coefficient (Wildman–Crippen LogP) is 2.91. The van der Waals surface area contributed by atoms with Gasteiger partial charge in [-0.3, -0.25) is 4.79 Å². The zero-order valence-electron chi connectivity index (χ0n) is 11.9. The first-order valence-corrected chi connectivity index (χ1v) is 7.02. The molecule has 0 aliphatic carbocycles. The van der Waals surface area contributed by atoms with Crippen molar-refractivity contribution >= 4 is 5.91 Å². The van der Waals surface area contributed by atoms with E-state index >= 15 is 0 Å². The number of fused-ring (bicyclic) bond motifs is 1. The van der Waals surface area contributed by atoms with Gasteiger partial charge in [-0.15, -0.1) is 0 Å². The van der Waals surface area contributed by atoms with E-state index in [9.17, 15) is 4.79 Å². The summed E-state index contributed by atoms with van der Waals surface area (Å²) in [5, 5.41) is 2.91. The monoisotopic (exact) mass is 283 g/mol. The van der Waals surface area contributed by atoms with Gasteiger partial charge in [0.1, 0.15) is 0 Å². The molecule has 2 aromatic carbocycles. The van der Waals surface area contributed by atoms with Crippen LogP contribution >= 0.6 is 0 Å². The second kappa shape index (κ2) is 5.87. The molecule has 4 nitrogen and oxygen atoms in total. The van der Waals surface area contributed by atoms with Gasteiger partial charge < -0.3 is 14.8 Å². The quantitative estimate of drug-likeness (QED) is 0.938. The zero-order chi connectivity index (χ0) is 14.7. The minimum Gasteiger partial charge on any atom is -0.454 e. The van der Waals surface area contributed by atoms with Crippen LogP contribution in [0.3, 0.4) is 0 Å². The fourth-order valence-electron chi connectivity index (χ4n) is 2.23. The van der Waals surface area contributed by atoms with Crippen LogP contribution in [0, 0.1) is 0 Å². The molecule has 0 spiro atoms. The molecule has 0 bridgehead atoms. The van der Waals surface area contributed by atoms with Crippen molar-refractivity contribution in [1.82, 2.24) is 5.32 Å². The number of hydrogen-bond acceptors (Lipinski definition) is 3. The van der Waals surface area contributed by atoms with E-state index in [1.807, 2.05) is 42.5 Å². The predicted molar refractivity (Wildman–Crippen MR) is 79.6 cm³/mol. The maximum atomic E-state index is 12.1. The number of amides is 1. The molecule has 0 radical (unpaired) electrons. The summed E-state index contributed by atoms with van der Waals surface area (Å²) in [5.74, 6) is 1.41. The minimum absolute atomic E-state index is 0.0738. The Morgan fingerprint density at radius 1 is 1.05 bits per heavy atom. The average molecular weight is 283 g/mol. The summed E-state index contributed by atoms with van der Waals surface area (Å²) in [6, 6.07) is 13.4. The summed E-state index contributed by atoms with van der Waals surface area (Å²) < 4.78 is 10.6. The molecule has 0 fully saturated rings. The molecule has 0 unspecified atom stereocenters. The third-order valence-corrected chi connectivity index (χ3v) is 3.51. The summed E-state index contributed by atoms with van der Waals surface area (Å²) in [5.41, 5.74) is 2.88. The van der Waals surface area contributed by atoms with Crippen molar-refractivity contribution in [2.75, 3.05) is 6.79 Å². The highest BCUT2D eigenvalue weighted by molar-refractivity contribution is 5.94. The van der Waals surface area contributed by atoms with Gasteiger partial charge in [-0.05, 0) is 41.8 Å². The summed E-state index contributed by atoms with van der Waals surface area (Å²) in [7, 11) is 0. The van der Waals surface area contributed by atoms with E-state index in [4.69, 9.17) is 9.47 Å². The molecule has 2 aromatic rings. The van der Waals surface area contributed by atoms with Gasteiger partial charge in [-0.2, -0.15) is 0 Å². The second-order valence-electron chi connectivity index (χ2n) is 4.92. The first kappa shape index (κ1) is 13.5. The number of aryl methyl sites for hydroxylation is 1. The second-order valence-corrected chi connectivity index (χ2v) is 4.92. The third kappa shape index (κ3) is 2.99. The number of rotatable bonds is 4. The Balaban J connectivity index is 1.62. The van der Waals surface area contributed by atoms with E-state index in [2.05, 4.69) is 12.2 Å². The zero-order valence-corrected chi connectivity index (χ0v) is 11.9. The minimum atomic E-state index is -0.0738. The smallest absolute Gasteiger partial charge is 0.251 e. The first-order valence-electron chi connectivity index (χ1n) is 7.02. The van der Waals surface area contributed by atoms with Gasteiger partial charge in [-0.1, -0.05) is 25.1 Å². The fourth-order valence-corrected chi connectivity index (χ4v) is 2.23. The Morgan fingerprint density at radius 2 is 1.76 bits per heavy atom. The third-order valence-electron chi connectivity index (χ3n) is 3.51. The van der Waals surface area contributed by atoms with Gasteiger partial charge in [-0.25, -0.2) is 0 Å². The highest BCUT2D eigenvalue weighted by Crippen LogP contribution is 2.32. The molecular weight excluding hydrogens is 266 g/mol. The standard InChI is InChI=1S/C17H17NO3/c1-2-12-3-6-14(7-4-12)17(19)18-10-13-5-8-15-16(9-13)21-11-20-15/h3-9H,2,10-11H2,1H3,(H,18,19). The van der Waals surface area contributed by atoms with E-state index in [1.54, 1.807) is 0 Å². The normalized spacial score (nSPS) is 12.2. The lowest BCUT2D eigenvalue weighted by atomic mass is 10.1. The Kier molecular flexibility index (Phi) is 3.77. The van der Waals surface area contributed by atoms with Crippen molar-refractivity contribution < 1.29 is 14.3 Å². The molecule has 4 heteroatoms. The molecular formula is C17H17NO3. The number of hydrogen-bond donors (Lipinski definition) is 1. The molecule has 1 N–H and O–H groups in total. The van der Waals surface area contributed by atoms with Gasteiger partial charge in [0.25, 0.3) is 5.91 Å². The lowest BCUT2D eigenvalue weighted by molar-refractivity contribution is 0.0951. The number of nitrogens with one attached hydrogen (secondary N) is 1. The molecule has 0 saturated heterocycles. The van der Waals surface area contributed by atoms with Crippen LogP contribution in [-0.2, 0) is 13.0 Å². The van der Waals surface area contributed by atoms with Crippen LogP contribution in [-0.4, -0.2) is 12.7 Å². The summed E-state index contributed by atoms with van der Waals surface area (Å²) in [6.45, 7) is 2.81. The SMILES string of the molecule is CCc1ccc(C(=O)NCc2ccc3c(c2)OCO3)cc1. The molecule has 0 aromatic heterocycles. The molecule has 3 rings (SSSR count). The number of carbonyl (C=O) groups is 1. The van der Waals surface area contributed by atoms with Crippen LogP contribution in [0.25, 0.3) is 0 Å². The maximum Gasteiger partial charge on any atom is 0.251 e. The van der Waals surface area contributed by atoms with Crippen LogP contribution in [0.2, 0.25) is 0 Å². The maximum absolute atomic E-state index is 12.1. The van der Waals surface area contributed by atoms with E-state index in [1.165, 1.54) is 5.56 Å². The van der Waals surface area contributed by atoms with Crippen LogP contribution in [0.5, 0.6) is 11.5 Å². The fraction of sp³-hybridized carbons (Fsp3) is 0.235. The Labute approximate surface area is 123 Å². The number of carbonyl (C=O) groups excluding carboxylic acids is 1. The number of benzene rings is 2. The van der Waals surface area contributed by atoms with Gasteiger partial charge in [0.2, 0.25) is 6.79 Å². The lowest BCUT2D eigenvalue weighted by Gasteiger charge is -2.07. The molecule has 108 valence electrons. The van der Waals surface area contributed by atoms with E-state index in [0.29, 0.717) is 12.1 Å². The van der Waals surface area contributed by atoms with Crippen molar-refractivity contribution in [1.29, 1.82) is 0 Å². The van der Waals surface area contributed by atoms with Gasteiger partial charge in [0.15, 0.2) is 11.5 Å². The average Bonchev–Trinajstić information content (AvgIpc) is 3.00. The van der Waals surface area contributed by atoms with E-state index in [-0.39, 0.29) is 12.7 Å². The molecule has 0 saturated carbocycles. The van der Waals surface area contributed by atoms with Crippen LogP contribution < -0.4 is 14.8 Å². The van der Waals surface area contributed by atoms with Crippen molar-refractivity contribution in [2.45, 2.75) is 19.9 Å². The first-order chi connectivity index (χ1) is 10.3. The Hall–Kier alpha value is -2.49. The highest BCUT2D eigenvalue weighted by Gasteiger charge is 2.13. The Morgan fingerprint density at radius 3 is 2.52 bits per heavy atom. The molecule has 1 aliphatic heterocycles. The highest BCUT2D eigenvalue weighted by atomic mass is 16.7. The lowest BCUT2D eigenvalue weighted by Crippen LogP contribution is -2.22. The van der Waals surface area contributed by atoms with Crippen LogP contribution in [0.4, 0.5) is 0 Å². The summed E-state index contributed by atoms with van der Waals surface area (Å²) >= 11 is 0. The Bertz CT molecular complexity index is 650. The van der Waals surface area contributed by atoms with Crippen LogP contribution in [0.1, 0.15) is 28.4 Å². The topological polar surface area (TPSA) is 47.6 Å². The van der Waals surface area contributed by atoms with Gasteiger partial charge in [0, 0.05) is 12.1 Å². The largest absolute Gasteiger partial charge is 0.454 e. The summed E-state index contributed by atoms with van der Waals surface area (Å²) in [4.78, 5) is 12.1. The molecule has 1 heterocycles. The molecule has 0 atom stereocenters. The van der Waals surface area contributed by atoms with Crippen molar-refractivity contribution in [3.8, 4) is 11.5 Å². The molecule has 1 aliphatic rings. The van der Waals surface area contributed by atoms with Crippen LogP contribution in [0.15, 0.2) is 42.5 Å². The van der Waals surface area contributed by atoms with Crippen molar-refractivity contribution in [2.24, 2.45) is 0 Å². The molecule has 21 heavy (non-hydrogen) atoms. The van der Waals surface area contributed by atoms with Crippen molar-refractivity contribution in [3.05, 3.63) is 59.2 Å². The van der Waals surface area contributed by atoms with Crippen molar-refractivity contribution in [3.63, 3.8) is 0 Å².